The average Bonchev–Trinajstić information content (AvgIpc) is 2.94. The maximum Gasteiger partial charge on any atom is 0.153 e. The second-order valence-electron chi connectivity index (χ2n) is 5.18. The fourth-order valence-corrected chi connectivity index (χ4v) is 2.77. The van der Waals surface area contributed by atoms with Gasteiger partial charge >= 0.3 is 0 Å². The van der Waals surface area contributed by atoms with E-state index in [0.29, 0.717) is 0 Å². The largest absolute Gasteiger partial charge is 0.454 e. The Bertz CT molecular complexity index is 919. The Balaban J connectivity index is 1.99. The molecular weight excluding hydrogens is 258 g/mol. The van der Waals surface area contributed by atoms with Gasteiger partial charge in [-0.25, -0.2) is 0 Å². The fraction of sp³-hybridized carbons (Fsp3) is 0.105. The van der Waals surface area contributed by atoms with Crippen LogP contribution in [0.25, 0.3) is 33.2 Å². The predicted octanol–water partition coefficient (Wildman–Crippen LogP) is 5.21. The summed E-state index contributed by atoms with van der Waals surface area (Å²) in [7, 11) is 0. The summed E-state index contributed by atoms with van der Waals surface area (Å²) in [6.07, 6.45) is 2.86. The number of benzene rings is 2. The van der Waals surface area contributed by atoms with E-state index < -0.39 is 0 Å². The summed E-state index contributed by atoms with van der Waals surface area (Å²) in [6, 6.07) is 18.8. The first-order valence-electron chi connectivity index (χ1n) is 7.22. The minimum Gasteiger partial charge on any atom is -0.454 e. The van der Waals surface area contributed by atoms with Crippen LogP contribution < -0.4 is 0 Å². The molecule has 0 amide bonds. The summed E-state index contributed by atoms with van der Waals surface area (Å²) >= 11 is 0. The zero-order valence-electron chi connectivity index (χ0n) is 11.8. The summed E-state index contributed by atoms with van der Waals surface area (Å²) in [5, 5.41) is 1.07. The van der Waals surface area contributed by atoms with Crippen LogP contribution in [0.5, 0.6) is 0 Å². The van der Waals surface area contributed by atoms with Gasteiger partial charge in [0.05, 0.1) is 0 Å². The van der Waals surface area contributed by atoms with Gasteiger partial charge in [0.15, 0.2) is 5.58 Å². The van der Waals surface area contributed by atoms with Gasteiger partial charge < -0.3 is 4.42 Å². The highest BCUT2D eigenvalue weighted by atomic mass is 16.3. The molecule has 0 atom stereocenters. The van der Waals surface area contributed by atoms with Crippen molar-refractivity contribution in [1.29, 1.82) is 0 Å². The highest BCUT2D eigenvalue weighted by molar-refractivity contribution is 6.07. The molecule has 0 N–H and O–H groups in total. The Morgan fingerprint density at radius 3 is 2.62 bits per heavy atom. The van der Waals surface area contributed by atoms with Gasteiger partial charge in [-0.15, -0.1) is 0 Å². The van der Waals surface area contributed by atoms with Crippen molar-refractivity contribution in [3.63, 3.8) is 0 Å². The third-order valence-electron chi connectivity index (χ3n) is 3.93. The Hall–Kier alpha value is -2.61. The predicted molar refractivity (Wildman–Crippen MR) is 86.3 cm³/mol. The van der Waals surface area contributed by atoms with Crippen LogP contribution in [0, 0.1) is 0 Å². The molecule has 2 aromatic heterocycles. The summed E-state index contributed by atoms with van der Waals surface area (Å²) in [5.41, 5.74) is 6.32. The smallest absolute Gasteiger partial charge is 0.153 e. The van der Waals surface area contributed by atoms with Crippen molar-refractivity contribution in [2.24, 2.45) is 0 Å². The lowest BCUT2D eigenvalue weighted by atomic mass is 10.0. The number of hydrogen-bond donors (Lipinski definition) is 0. The molecule has 2 aromatic carbocycles. The number of fused-ring (bicyclic) bond motifs is 3. The molecule has 0 radical (unpaired) electrons. The fourth-order valence-electron chi connectivity index (χ4n) is 2.77. The second-order valence-corrected chi connectivity index (χ2v) is 5.18. The average molecular weight is 273 g/mol. The van der Waals surface area contributed by atoms with E-state index in [4.69, 9.17) is 4.42 Å². The van der Waals surface area contributed by atoms with Crippen LogP contribution in [-0.2, 0) is 6.42 Å². The van der Waals surface area contributed by atoms with E-state index >= 15 is 0 Å². The van der Waals surface area contributed by atoms with Crippen molar-refractivity contribution in [2.75, 3.05) is 0 Å². The molecule has 0 saturated carbocycles. The van der Waals surface area contributed by atoms with E-state index in [1.54, 1.807) is 6.20 Å². The first-order valence-corrected chi connectivity index (χ1v) is 7.22. The molecule has 0 aliphatic heterocycles. The highest BCUT2D eigenvalue weighted by Crippen LogP contribution is 2.34. The number of rotatable bonds is 2. The molecule has 2 heterocycles. The Kier molecular flexibility index (Phi) is 2.74. The van der Waals surface area contributed by atoms with Gasteiger partial charge in [0.1, 0.15) is 11.1 Å². The lowest BCUT2D eigenvalue weighted by Crippen LogP contribution is -1.82. The number of furan rings is 1. The number of pyridine rings is 1. The molecule has 0 bridgehead atoms. The SMILES string of the molecule is CCc1ccc(-c2cccc3c2oc2cccnc23)cc1. The third kappa shape index (κ3) is 1.91. The quantitative estimate of drug-likeness (QED) is 0.501. The number of para-hydroxylation sites is 1. The molecule has 4 aromatic rings. The standard InChI is InChI=1S/C19H15NO/c1-2-13-8-10-14(11-9-13)15-5-3-6-16-18-17(21-19(15)16)7-4-12-20-18/h3-12H,2H2,1H3. The van der Waals surface area contributed by atoms with Crippen LogP contribution >= 0.6 is 0 Å². The molecular formula is C19H15NO. The van der Waals surface area contributed by atoms with Gasteiger partial charge in [0.25, 0.3) is 0 Å². The first-order chi connectivity index (χ1) is 10.4. The molecule has 0 saturated heterocycles. The number of hydrogen-bond acceptors (Lipinski definition) is 2. The van der Waals surface area contributed by atoms with Crippen LogP contribution in [0.1, 0.15) is 12.5 Å². The van der Waals surface area contributed by atoms with Gasteiger partial charge in [0, 0.05) is 17.1 Å². The van der Waals surface area contributed by atoms with Crippen molar-refractivity contribution in [2.45, 2.75) is 13.3 Å². The molecule has 0 fully saturated rings. The monoisotopic (exact) mass is 273 g/mol. The van der Waals surface area contributed by atoms with Gasteiger partial charge in [-0.1, -0.05) is 43.3 Å². The van der Waals surface area contributed by atoms with Gasteiger partial charge in [-0.2, -0.15) is 0 Å². The first kappa shape index (κ1) is 12.2. The summed E-state index contributed by atoms with van der Waals surface area (Å²) in [4.78, 5) is 4.44. The van der Waals surface area contributed by atoms with E-state index in [1.807, 2.05) is 12.1 Å². The third-order valence-corrected chi connectivity index (χ3v) is 3.93. The van der Waals surface area contributed by atoms with E-state index in [0.717, 1.165) is 34.1 Å². The number of nitrogens with zero attached hydrogens (tertiary/aromatic N) is 1. The molecule has 0 spiro atoms. The maximum absolute atomic E-state index is 6.03. The van der Waals surface area contributed by atoms with Crippen molar-refractivity contribution in [3.05, 3.63) is 66.4 Å². The number of aryl methyl sites for hydroxylation is 1. The van der Waals surface area contributed by atoms with Crippen LogP contribution in [0.4, 0.5) is 0 Å². The maximum atomic E-state index is 6.03. The Labute approximate surface area is 123 Å². The van der Waals surface area contributed by atoms with Gasteiger partial charge in [0.2, 0.25) is 0 Å². The highest BCUT2D eigenvalue weighted by Gasteiger charge is 2.12. The second kappa shape index (κ2) is 4.74. The normalized spacial score (nSPS) is 11.3. The van der Waals surface area contributed by atoms with Crippen LogP contribution in [-0.4, -0.2) is 4.98 Å². The van der Waals surface area contributed by atoms with E-state index in [1.165, 1.54) is 11.1 Å². The molecule has 0 unspecified atom stereocenters. The molecule has 21 heavy (non-hydrogen) atoms. The Morgan fingerprint density at radius 2 is 1.81 bits per heavy atom. The van der Waals surface area contributed by atoms with Crippen molar-refractivity contribution < 1.29 is 4.42 Å². The van der Waals surface area contributed by atoms with Crippen molar-refractivity contribution in [3.8, 4) is 11.1 Å². The summed E-state index contributed by atoms with van der Waals surface area (Å²) < 4.78 is 6.03. The van der Waals surface area contributed by atoms with Crippen LogP contribution in [0.2, 0.25) is 0 Å². The molecule has 2 nitrogen and oxygen atoms in total. The summed E-state index contributed by atoms with van der Waals surface area (Å²) in [5.74, 6) is 0. The van der Waals surface area contributed by atoms with Crippen LogP contribution in [0.3, 0.4) is 0 Å². The Morgan fingerprint density at radius 1 is 0.952 bits per heavy atom. The number of aromatic nitrogens is 1. The summed E-state index contributed by atoms with van der Waals surface area (Å²) in [6.45, 7) is 2.17. The van der Waals surface area contributed by atoms with Gasteiger partial charge in [-0.05, 0) is 35.7 Å². The van der Waals surface area contributed by atoms with E-state index in [9.17, 15) is 0 Å². The zero-order chi connectivity index (χ0) is 14.2. The van der Waals surface area contributed by atoms with Gasteiger partial charge in [-0.3, -0.25) is 4.98 Å². The van der Waals surface area contributed by atoms with E-state index in [-0.39, 0.29) is 0 Å². The van der Waals surface area contributed by atoms with Crippen molar-refractivity contribution >= 4 is 22.1 Å². The minimum absolute atomic E-state index is 0.838. The molecule has 102 valence electrons. The zero-order valence-corrected chi connectivity index (χ0v) is 11.8. The van der Waals surface area contributed by atoms with Crippen LogP contribution in [0.15, 0.2) is 65.2 Å². The van der Waals surface area contributed by atoms with Crippen molar-refractivity contribution in [1.82, 2.24) is 4.98 Å². The minimum atomic E-state index is 0.838. The molecule has 0 aliphatic rings. The molecule has 2 heteroatoms. The lowest BCUT2D eigenvalue weighted by Gasteiger charge is -2.04. The van der Waals surface area contributed by atoms with E-state index in [2.05, 4.69) is 54.4 Å². The topological polar surface area (TPSA) is 26.0 Å². The molecule has 4 rings (SSSR count). The lowest BCUT2D eigenvalue weighted by molar-refractivity contribution is 0.669. The molecule has 0 aliphatic carbocycles.